The van der Waals surface area contributed by atoms with Crippen LogP contribution in [0, 0.1) is 29.6 Å². The summed E-state index contributed by atoms with van der Waals surface area (Å²) in [6.07, 6.45) is 10.6. The van der Waals surface area contributed by atoms with Gasteiger partial charge in [0, 0.05) is 25.0 Å². The summed E-state index contributed by atoms with van der Waals surface area (Å²) < 4.78 is 5.95. The van der Waals surface area contributed by atoms with Crippen LogP contribution in [0.1, 0.15) is 53.4 Å². The number of piperazine rings is 1. The lowest BCUT2D eigenvalue weighted by Gasteiger charge is -2.54. The number of aliphatic hydroxyl groups excluding tert-OH is 2. The summed E-state index contributed by atoms with van der Waals surface area (Å²) in [4.78, 5) is 17.5. The minimum absolute atomic E-state index is 0.00796. The van der Waals surface area contributed by atoms with Crippen LogP contribution < -0.4 is 11.1 Å². The Labute approximate surface area is 243 Å². The highest BCUT2D eigenvalue weighted by Crippen LogP contribution is 2.50. The third kappa shape index (κ3) is 4.61. The van der Waals surface area contributed by atoms with Crippen molar-refractivity contribution in [1.29, 1.82) is 0 Å². The lowest BCUT2D eigenvalue weighted by molar-refractivity contribution is -0.347. The highest BCUT2D eigenvalue weighted by Gasteiger charge is 2.66. The van der Waals surface area contributed by atoms with Crippen molar-refractivity contribution in [2.75, 3.05) is 20.1 Å². The summed E-state index contributed by atoms with van der Waals surface area (Å²) in [6, 6.07) is 0.320. The molecular weight excluding hydrogens is 522 g/mol. The number of hydrogen-bond donors (Lipinski definition) is 5. The number of likely N-dealkylation sites (tertiary alicyclic amines) is 1. The SMILES string of the molecule is CC(C)C1OC2(O)C3CCCN3C(O)C(C(C)C)N2C1O.CN1CC(C(N)=O)CC2C3=CC=CC4NC=C(CC21)C34. The highest BCUT2D eigenvalue weighted by molar-refractivity contribution is 5.77. The zero-order valence-corrected chi connectivity index (χ0v) is 25.1. The van der Waals surface area contributed by atoms with Gasteiger partial charge in [-0.25, -0.2) is 4.90 Å². The molecule has 2 aliphatic carbocycles. The van der Waals surface area contributed by atoms with Crippen molar-refractivity contribution in [3.05, 3.63) is 35.6 Å². The number of primary amides is 1. The van der Waals surface area contributed by atoms with Gasteiger partial charge in [-0.15, -0.1) is 0 Å². The summed E-state index contributed by atoms with van der Waals surface area (Å²) in [5.41, 5.74) is 8.59. The minimum Gasteiger partial charge on any atom is -0.384 e. The van der Waals surface area contributed by atoms with E-state index in [2.05, 4.69) is 41.7 Å². The topological polar surface area (TPSA) is 135 Å². The Balaban J connectivity index is 0.000000148. The molecule has 6 N–H and O–H groups in total. The number of fused-ring (bicyclic) bond motifs is 5. The molecule has 1 saturated carbocycles. The van der Waals surface area contributed by atoms with Gasteiger partial charge in [0.05, 0.1) is 24.0 Å². The second kappa shape index (κ2) is 10.7. The first-order valence-corrected chi connectivity index (χ1v) is 15.6. The van der Waals surface area contributed by atoms with E-state index in [9.17, 15) is 20.1 Å². The average Bonchev–Trinajstić information content (AvgIpc) is 3.64. The number of rotatable bonds is 3. The molecule has 228 valence electrons. The molecule has 41 heavy (non-hydrogen) atoms. The maximum atomic E-state index is 11.6. The summed E-state index contributed by atoms with van der Waals surface area (Å²) in [5.74, 6) is -0.483. The van der Waals surface area contributed by atoms with Gasteiger partial charge in [-0.05, 0) is 62.3 Å². The van der Waals surface area contributed by atoms with Crippen LogP contribution in [-0.4, -0.2) is 105 Å². The molecule has 1 amide bonds. The number of nitrogens with one attached hydrogen (secondary N) is 1. The van der Waals surface area contributed by atoms with Gasteiger partial charge in [0.1, 0.15) is 18.6 Å². The molecule has 5 heterocycles. The van der Waals surface area contributed by atoms with E-state index >= 15 is 0 Å². The lowest BCUT2D eigenvalue weighted by Crippen LogP contribution is -2.74. The van der Waals surface area contributed by atoms with Gasteiger partial charge in [-0.1, -0.05) is 51.5 Å². The fourth-order valence-corrected chi connectivity index (χ4v) is 8.88. The Bertz CT molecular complexity index is 1120. The third-order valence-electron chi connectivity index (χ3n) is 10.8. The molecule has 10 nitrogen and oxygen atoms in total. The van der Waals surface area contributed by atoms with E-state index < -0.39 is 24.5 Å². The third-order valence-corrected chi connectivity index (χ3v) is 10.8. The molecule has 0 aromatic heterocycles. The number of piperidine rings is 1. The number of carbonyl (C=O) groups is 1. The predicted molar refractivity (Wildman–Crippen MR) is 154 cm³/mol. The molecule has 10 heteroatoms. The molecular formula is C31H49N5O5. The van der Waals surface area contributed by atoms with Crippen LogP contribution in [0.2, 0.25) is 0 Å². The first-order chi connectivity index (χ1) is 19.4. The number of allylic oxidation sites excluding steroid dienone is 2. The van der Waals surface area contributed by atoms with Gasteiger partial charge in [0.25, 0.3) is 0 Å². The lowest BCUT2D eigenvalue weighted by atomic mass is 9.64. The molecule has 4 saturated heterocycles. The van der Waals surface area contributed by atoms with Crippen LogP contribution in [0.3, 0.4) is 0 Å². The van der Waals surface area contributed by atoms with Gasteiger partial charge in [0.15, 0.2) is 0 Å². The van der Waals surface area contributed by atoms with Crippen LogP contribution in [-0.2, 0) is 9.53 Å². The minimum atomic E-state index is -1.50. The summed E-state index contributed by atoms with van der Waals surface area (Å²) >= 11 is 0. The van der Waals surface area contributed by atoms with Gasteiger partial charge >= 0.3 is 0 Å². The highest BCUT2D eigenvalue weighted by atomic mass is 16.7. The van der Waals surface area contributed by atoms with E-state index in [1.165, 1.54) is 11.1 Å². The normalized spacial score (nSPS) is 45.2. The quantitative estimate of drug-likeness (QED) is 0.335. The smallest absolute Gasteiger partial charge is 0.246 e. The zero-order chi connectivity index (χ0) is 29.4. The molecule has 7 rings (SSSR count). The molecule has 5 aliphatic heterocycles. The monoisotopic (exact) mass is 571 g/mol. The zero-order valence-electron chi connectivity index (χ0n) is 25.1. The van der Waals surface area contributed by atoms with E-state index in [4.69, 9.17) is 10.5 Å². The molecule has 0 radical (unpaired) electrons. The molecule has 0 aromatic rings. The van der Waals surface area contributed by atoms with E-state index in [-0.39, 0.29) is 35.7 Å². The number of carbonyl (C=O) groups excluding carboxylic acids is 1. The molecule has 5 fully saturated rings. The molecule has 11 atom stereocenters. The number of aliphatic hydroxyl groups is 3. The first-order valence-electron chi connectivity index (χ1n) is 15.6. The number of nitrogens with two attached hydrogens (primary N) is 1. The standard InChI is InChI=1S/C16H21N3O.C15H28N2O4/c1-19-8-10(16(17)20)5-12-11-3-2-4-13-15(11)9(7-18-13)6-14(12)19;1-8(2)11-13(18)16-7-5-6-10(16)15(20)17(11)14(19)12(21-15)9(3)4/h2-4,7,10,12-15,18H,5-6,8H2,1H3,(H2,17,20);8-14,18-20H,5-7H2,1-4H3. The molecule has 7 aliphatic rings. The molecule has 11 unspecified atom stereocenters. The van der Waals surface area contributed by atoms with Crippen LogP contribution in [0.25, 0.3) is 0 Å². The number of ether oxygens (including phenoxy) is 1. The van der Waals surface area contributed by atoms with Crippen molar-refractivity contribution < 1.29 is 24.9 Å². The second-order valence-corrected chi connectivity index (χ2v) is 13.9. The maximum Gasteiger partial charge on any atom is 0.246 e. The number of hydrogen-bond acceptors (Lipinski definition) is 9. The van der Waals surface area contributed by atoms with Crippen LogP contribution in [0.15, 0.2) is 35.6 Å². The summed E-state index contributed by atoms with van der Waals surface area (Å²) in [7, 11) is 2.13. The van der Waals surface area contributed by atoms with Crippen molar-refractivity contribution in [2.24, 2.45) is 35.3 Å². The Morgan fingerprint density at radius 1 is 1.20 bits per heavy atom. The van der Waals surface area contributed by atoms with Gasteiger partial charge in [-0.3, -0.25) is 9.69 Å². The molecule has 0 spiro atoms. The van der Waals surface area contributed by atoms with Gasteiger partial charge < -0.3 is 36.0 Å². The Kier molecular flexibility index (Phi) is 7.67. The molecule has 0 bridgehead atoms. The van der Waals surface area contributed by atoms with Crippen LogP contribution in [0.5, 0.6) is 0 Å². The predicted octanol–water partition coefficient (Wildman–Crippen LogP) is 0.909. The van der Waals surface area contributed by atoms with Gasteiger partial charge in [-0.2, -0.15) is 0 Å². The van der Waals surface area contributed by atoms with E-state index in [1.807, 2.05) is 32.6 Å². The van der Waals surface area contributed by atoms with E-state index in [0.29, 0.717) is 23.9 Å². The average molecular weight is 572 g/mol. The van der Waals surface area contributed by atoms with Crippen LogP contribution >= 0.6 is 0 Å². The Morgan fingerprint density at radius 3 is 2.63 bits per heavy atom. The Morgan fingerprint density at radius 2 is 1.95 bits per heavy atom. The number of nitrogens with zero attached hydrogens (tertiary/aromatic N) is 3. The Hall–Kier alpha value is -1.79. The fourth-order valence-electron chi connectivity index (χ4n) is 8.88. The summed E-state index contributed by atoms with van der Waals surface area (Å²) in [5, 5.41) is 36.1. The van der Waals surface area contributed by atoms with Crippen molar-refractivity contribution in [2.45, 2.75) is 102 Å². The maximum absolute atomic E-state index is 11.6. The second-order valence-electron chi connectivity index (χ2n) is 13.9. The van der Waals surface area contributed by atoms with Crippen molar-refractivity contribution in [3.63, 3.8) is 0 Å². The molecule has 0 aromatic carbocycles. The van der Waals surface area contributed by atoms with E-state index in [0.717, 1.165) is 38.8 Å². The van der Waals surface area contributed by atoms with Crippen LogP contribution in [0.4, 0.5) is 0 Å². The van der Waals surface area contributed by atoms with Crippen molar-refractivity contribution in [3.8, 4) is 0 Å². The first kappa shape index (κ1) is 29.3. The van der Waals surface area contributed by atoms with Gasteiger partial charge in [0.2, 0.25) is 11.8 Å². The largest absolute Gasteiger partial charge is 0.384 e. The number of amides is 1. The fraction of sp³-hybridized carbons (Fsp3) is 0.774. The van der Waals surface area contributed by atoms with Crippen molar-refractivity contribution in [1.82, 2.24) is 20.0 Å². The van der Waals surface area contributed by atoms with E-state index in [1.54, 1.807) is 4.90 Å². The van der Waals surface area contributed by atoms with Crippen molar-refractivity contribution >= 4 is 5.91 Å². The summed E-state index contributed by atoms with van der Waals surface area (Å²) in [6.45, 7) is 9.51.